The summed E-state index contributed by atoms with van der Waals surface area (Å²) in [4.78, 5) is 17.3. The predicted molar refractivity (Wildman–Crippen MR) is 93.9 cm³/mol. The maximum Gasteiger partial charge on any atom is 0.230 e. The molecule has 2 rings (SSSR count). The van der Waals surface area contributed by atoms with Crippen LogP contribution in [0.3, 0.4) is 0 Å². The Balaban J connectivity index is 0.00000220. The molecule has 0 spiro atoms. The molecule has 0 aromatic rings. The minimum Gasteiger partial charge on any atom is -0.381 e. The lowest BCUT2D eigenvalue weighted by atomic mass is 9.78. The van der Waals surface area contributed by atoms with E-state index in [0.717, 1.165) is 32.2 Å². The van der Waals surface area contributed by atoms with Gasteiger partial charge in [-0.1, -0.05) is 0 Å². The highest BCUT2D eigenvalue weighted by molar-refractivity contribution is 5.85. The zero-order valence-corrected chi connectivity index (χ0v) is 15.5. The first-order valence-corrected chi connectivity index (χ1v) is 7.75. The van der Waals surface area contributed by atoms with E-state index >= 15 is 0 Å². The molecule has 2 atom stereocenters. The van der Waals surface area contributed by atoms with E-state index in [0.29, 0.717) is 31.8 Å². The summed E-state index contributed by atoms with van der Waals surface area (Å²) in [6, 6.07) is 0.882. The van der Waals surface area contributed by atoms with E-state index in [1.165, 1.54) is 0 Å². The number of nitrogens with two attached hydrogens (primary N) is 1. The molecule has 2 unspecified atom stereocenters. The van der Waals surface area contributed by atoms with Crippen LogP contribution in [0.5, 0.6) is 0 Å². The maximum absolute atomic E-state index is 12.9. The fourth-order valence-corrected chi connectivity index (χ4v) is 3.42. The Morgan fingerprint density at radius 2 is 1.95 bits per heavy atom. The molecular formula is C15H31Cl2N3O2. The number of hydrogen-bond donors (Lipinski definition) is 1. The van der Waals surface area contributed by atoms with E-state index in [-0.39, 0.29) is 36.1 Å². The van der Waals surface area contributed by atoms with Gasteiger partial charge in [0.1, 0.15) is 0 Å². The number of carbonyl (C=O) groups excluding carboxylic acids is 1. The van der Waals surface area contributed by atoms with Gasteiger partial charge >= 0.3 is 0 Å². The monoisotopic (exact) mass is 355 g/mol. The van der Waals surface area contributed by atoms with Gasteiger partial charge in [-0.2, -0.15) is 0 Å². The first-order valence-electron chi connectivity index (χ1n) is 7.75. The van der Waals surface area contributed by atoms with Crippen LogP contribution >= 0.6 is 24.8 Å². The summed E-state index contributed by atoms with van der Waals surface area (Å²) in [6.07, 6.45) is 3.62. The average Bonchev–Trinajstić information content (AvgIpc) is 2.49. The number of ether oxygens (including phenoxy) is 1. The largest absolute Gasteiger partial charge is 0.381 e. The number of hydrogen-bond acceptors (Lipinski definition) is 4. The summed E-state index contributed by atoms with van der Waals surface area (Å²) in [5, 5.41) is 0. The van der Waals surface area contributed by atoms with Crippen molar-refractivity contribution in [3.63, 3.8) is 0 Å². The van der Waals surface area contributed by atoms with Crippen molar-refractivity contribution >= 4 is 30.7 Å². The average molecular weight is 356 g/mol. The molecule has 0 aromatic carbocycles. The van der Waals surface area contributed by atoms with E-state index in [4.69, 9.17) is 10.5 Å². The maximum atomic E-state index is 12.9. The van der Waals surface area contributed by atoms with Crippen LogP contribution in [0.15, 0.2) is 0 Å². The Morgan fingerprint density at radius 3 is 2.45 bits per heavy atom. The molecule has 0 saturated carbocycles. The molecule has 1 amide bonds. The van der Waals surface area contributed by atoms with Gasteiger partial charge in [0.25, 0.3) is 0 Å². The number of amides is 1. The molecule has 7 heteroatoms. The van der Waals surface area contributed by atoms with Crippen LogP contribution < -0.4 is 5.73 Å². The standard InChI is InChI=1S/C15H29N3O2.2ClH/c1-12-10-13(4-7-17(12)2)18(3)14(19)15(11-16)5-8-20-9-6-15;;/h12-13H,4-11,16H2,1-3H3;2*1H. The predicted octanol–water partition coefficient (Wildman–Crippen LogP) is 1.53. The van der Waals surface area contributed by atoms with Gasteiger partial charge in [-0.25, -0.2) is 0 Å². The molecule has 0 aromatic heterocycles. The number of carbonyl (C=O) groups is 1. The third kappa shape index (κ3) is 4.48. The van der Waals surface area contributed by atoms with Crippen molar-refractivity contribution in [1.29, 1.82) is 0 Å². The van der Waals surface area contributed by atoms with Crippen LogP contribution in [0.2, 0.25) is 0 Å². The molecule has 5 nitrogen and oxygen atoms in total. The molecule has 0 aliphatic carbocycles. The van der Waals surface area contributed by atoms with Crippen LogP contribution in [-0.2, 0) is 9.53 Å². The summed E-state index contributed by atoms with van der Waals surface area (Å²) in [5.74, 6) is 0.227. The van der Waals surface area contributed by atoms with Crippen molar-refractivity contribution < 1.29 is 9.53 Å². The SMILES string of the molecule is CC1CC(N(C)C(=O)C2(CN)CCOCC2)CCN1C.Cl.Cl. The highest BCUT2D eigenvalue weighted by Gasteiger charge is 2.42. The minimum atomic E-state index is -0.389. The zero-order chi connectivity index (χ0) is 14.8. The minimum absolute atomic E-state index is 0. The van der Waals surface area contributed by atoms with Crippen molar-refractivity contribution in [2.24, 2.45) is 11.1 Å². The van der Waals surface area contributed by atoms with Crippen LogP contribution in [0.1, 0.15) is 32.6 Å². The molecule has 2 N–H and O–H groups in total. The lowest BCUT2D eigenvalue weighted by Crippen LogP contribution is -2.55. The highest BCUT2D eigenvalue weighted by Crippen LogP contribution is 2.33. The molecule has 2 aliphatic rings. The molecule has 132 valence electrons. The van der Waals surface area contributed by atoms with Gasteiger partial charge in [-0.15, -0.1) is 24.8 Å². The van der Waals surface area contributed by atoms with Gasteiger partial charge in [0.15, 0.2) is 0 Å². The van der Waals surface area contributed by atoms with E-state index < -0.39 is 0 Å². The Hall–Kier alpha value is -0.0700. The Morgan fingerprint density at radius 1 is 1.36 bits per heavy atom. The molecule has 0 bridgehead atoms. The number of nitrogens with zero attached hydrogens (tertiary/aromatic N) is 2. The van der Waals surface area contributed by atoms with Crippen LogP contribution in [0.4, 0.5) is 0 Å². The third-order valence-electron chi connectivity index (χ3n) is 5.34. The van der Waals surface area contributed by atoms with E-state index in [2.05, 4.69) is 18.9 Å². The third-order valence-corrected chi connectivity index (χ3v) is 5.34. The van der Waals surface area contributed by atoms with Crippen LogP contribution in [0.25, 0.3) is 0 Å². The lowest BCUT2D eigenvalue weighted by Gasteiger charge is -2.44. The van der Waals surface area contributed by atoms with Gasteiger partial charge in [-0.05, 0) is 39.7 Å². The zero-order valence-electron chi connectivity index (χ0n) is 13.9. The number of rotatable bonds is 3. The summed E-state index contributed by atoms with van der Waals surface area (Å²) >= 11 is 0. The second-order valence-corrected chi connectivity index (χ2v) is 6.52. The highest BCUT2D eigenvalue weighted by atomic mass is 35.5. The lowest BCUT2D eigenvalue weighted by molar-refractivity contribution is -0.149. The van der Waals surface area contributed by atoms with E-state index in [1.54, 1.807) is 0 Å². The first kappa shape index (κ1) is 21.9. The number of halogens is 2. The molecule has 2 fully saturated rings. The Kier molecular flexibility index (Phi) is 9.25. The fourth-order valence-electron chi connectivity index (χ4n) is 3.42. The van der Waals surface area contributed by atoms with Crippen LogP contribution in [-0.4, -0.2) is 68.2 Å². The summed E-state index contributed by atoms with van der Waals surface area (Å²) in [6.45, 7) is 5.03. The topological polar surface area (TPSA) is 58.8 Å². The van der Waals surface area contributed by atoms with Crippen molar-refractivity contribution in [1.82, 2.24) is 9.80 Å². The fraction of sp³-hybridized carbons (Fsp3) is 0.933. The van der Waals surface area contributed by atoms with Crippen molar-refractivity contribution in [3.05, 3.63) is 0 Å². The molecule has 2 heterocycles. The summed E-state index contributed by atoms with van der Waals surface area (Å²) in [5.41, 5.74) is 5.56. The van der Waals surface area contributed by atoms with Crippen LogP contribution in [0, 0.1) is 5.41 Å². The van der Waals surface area contributed by atoms with Crippen molar-refractivity contribution in [2.45, 2.75) is 44.7 Å². The smallest absolute Gasteiger partial charge is 0.230 e. The molecule has 2 saturated heterocycles. The molecular weight excluding hydrogens is 325 g/mol. The summed E-state index contributed by atoms with van der Waals surface area (Å²) in [7, 11) is 4.11. The van der Waals surface area contributed by atoms with Crippen molar-refractivity contribution in [3.8, 4) is 0 Å². The number of likely N-dealkylation sites (tertiary alicyclic amines) is 1. The summed E-state index contributed by atoms with van der Waals surface area (Å²) < 4.78 is 5.40. The van der Waals surface area contributed by atoms with E-state index in [9.17, 15) is 4.79 Å². The Bertz CT molecular complexity index is 352. The van der Waals surface area contributed by atoms with Gasteiger partial charge in [-0.3, -0.25) is 4.79 Å². The van der Waals surface area contributed by atoms with E-state index in [1.807, 2.05) is 11.9 Å². The van der Waals surface area contributed by atoms with Gasteiger partial charge in [0.05, 0.1) is 5.41 Å². The molecule has 0 radical (unpaired) electrons. The molecule has 2 aliphatic heterocycles. The second kappa shape index (κ2) is 9.28. The van der Waals surface area contributed by atoms with Gasteiger partial charge in [0, 0.05) is 45.4 Å². The number of piperidine rings is 1. The Labute approximate surface area is 146 Å². The second-order valence-electron chi connectivity index (χ2n) is 6.52. The van der Waals surface area contributed by atoms with Crippen molar-refractivity contribution in [2.75, 3.05) is 40.4 Å². The quantitative estimate of drug-likeness (QED) is 0.833. The van der Waals surface area contributed by atoms with Gasteiger partial charge < -0.3 is 20.3 Å². The normalized spacial score (nSPS) is 28.2. The molecule has 22 heavy (non-hydrogen) atoms. The first-order chi connectivity index (χ1) is 9.50. The van der Waals surface area contributed by atoms with Gasteiger partial charge in [0.2, 0.25) is 5.91 Å².